The Hall–Kier alpha value is -3.23. The number of aliphatic carboxylic acids is 1. The fourth-order valence-electron chi connectivity index (χ4n) is 3.86. The van der Waals surface area contributed by atoms with Crippen LogP contribution < -0.4 is 15.4 Å². The van der Waals surface area contributed by atoms with Gasteiger partial charge in [-0.1, -0.05) is 20.3 Å². The molecule has 0 fully saturated rings. The Balaban J connectivity index is 1.57. The fourth-order valence-corrected chi connectivity index (χ4v) is 3.86. The lowest BCUT2D eigenvalue weighted by atomic mass is 10.00. The van der Waals surface area contributed by atoms with Crippen LogP contribution in [0.5, 0.6) is 5.75 Å². The summed E-state index contributed by atoms with van der Waals surface area (Å²) in [6.45, 7) is 10.5. The number of aromatic nitrogens is 2. The van der Waals surface area contributed by atoms with Crippen LogP contribution in [0.2, 0.25) is 0 Å². The molecule has 180 valence electrons. The highest BCUT2D eigenvalue weighted by molar-refractivity contribution is 6.00. The van der Waals surface area contributed by atoms with E-state index in [-0.39, 0.29) is 5.91 Å². The Morgan fingerprint density at radius 2 is 1.97 bits per heavy atom. The van der Waals surface area contributed by atoms with Gasteiger partial charge in [0.25, 0.3) is 5.91 Å². The molecule has 0 aliphatic carbocycles. The van der Waals surface area contributed by atoms with Crippen LogP contribution in [-0.4, -0.2) is 56.4 Å². The number of hydrogen-bond acceptors (Lipinski definition) is 6. The summed E-state index contributed by atoms with van der Waals surface area (Å²) in [5.41, 5.74) is 1.44. The van der Waals surface area contributed by atoms with Crippen molar-refractivity contribution < 1.29 is 19.4 Å². The van der Waals surface area contributed by atoms with Gasteiger partial charge in [-0.25, -0.2) is 4.79 Å². The number of amides is 1. The predicted molar refractivity (Wildman–Crippen MR) is 128 cm³/mol. The molecule has 1 atom stereocenters. The summed E-state index contributed by atoms with van der Waals surface area (Å²) in [5, 5.41) is 23.4. The first kappa shape index (κ1) is 24.4. The first-order valence-electron chi connectivity index (χ1n) is 11.5. The van der Waals surface area contributed by atoms with Crippen molar-refractivity contribution in [1.29, 1.82) is 0 Å². The molecule has 9 heteroatoms. The van der Waals surface area contributed by atoms with Crippen molar-refractivity contribution in [3.63, 3.8) is 0 Å². The number of ether oxygens (including phenoxy) is 1. The molecule has 1 aromatic carbocycles. The van der Waals surface area contributed by atoms with E-state index in [1.165, 1.54) is 13.8 Å². The van der Waals surface area contributed by atoms with Gasteiger partial charge in [-0.15, -0.1) is 0 Å². The summed E-state index contributed by atoms with van der Waals surface area (Å²) >= 11 is 0. The van der Waals surface area contributed by atoms with Crippen LogP contribution in [0.3, 0.4) is 0 Å². The molecule has 9 nitrogen and oxygen atoms in total. The van der Waals surface area contributed by atoms with E-state index in [2.05, 4.69) is 41.6 Å². The Morgan fingerprint density at radius 3 is 2.58 bits per heavy atom. The van der Waals surface area contributed by atoms with Gasteiger partial charge in [-0.3, -0.25) is 9.89 Å². The number of rotatable bonds is 11. The molecule has 0 radical (unpaired) electrons. The maximum absolute atomic E-state index is 13.2. The Kier molecular flexibility index (Phi) is 7.19. The maximum Gasteiger partial charge on any atom is 0.347 e. The highest BCUT2D eigenvalue weighted by atomic mass is 16.5. The van der Waals surface area contributed by atoms with Gasteiger partial charge in [0.05, 0.1) is 11.4 Å². The number of carbonyl (C=O) groups is 2. The number of anilines is 2. The molecule has 0 saturated heterocycles. The molecule has 1 aromatic heterocycles. The molecule has 0 bridgehead atoms. The highest BCUT2D eigenvalue weighted by Crippen LogP contribution is 2.34. The molecule has 1 unspecified atom stereocenters. The van der Waals surface area contributed by atoms with Crippen molar-refractivity contribution in [3.05, 3.63) is 35.7 Å². The molecule has 1 aliphatic heterocycles. The number of aryl methyl sites for hydroxylation is 1. The lowest BCUT2D eigenvalue weighted by Crippen LogP contribution is -2.58. The average molecular weight is 458 g/mol. The number of carboxylic acid groups (broad SMARTS) is 1. The second-order valence-corrected chi connectivity index (χ2v) is 9.11. The molecule has 33 heavy (non-hydrogen) atoms. The Bertz CT molecular complexity index is 985. The smallest absolute Gasteiger partial charge is 0.347 e. The quantitative estimate of drug-likeness (QED) is 0.375. The van der Waals surface area contributed by atoms with Gasteiger partial charge >= 0.3 is 5.97 Å². The van der Waals surface area contributed by atoms with Crippen molar-refractivity contribution in [1.82, 2.24) is 15.1 Å². The molecule has 0 spiro atoms. The summed E-state index contributed by atoms with van der Waals surface area (Å²) in [5.74, 6) is -0.572. The van der Waals surface area contributed by atoms with Crippen molar-refractivity contribution in [2.24, 2.45) is 0 Å². The van der Waals surface area contributed by atoms with E-state index in [0.717, 1.165) is 42.8 Å². The lowest BCUT2D eigenvalue weighted by molar-refractivity contribution is -0.152. The van der Waals surface area contributed by atoms with Gasteiger partial charge in [0, 0.05) is 18.8 Å². The zero-order chi connectivity index (χ0) is 24.2. The van der Waals surface area contributed by atoms with E-state index in [1.54, 1.807) is 12.1 Å². The van der Waals surface area contributed by atoms with Gasteiger partial charge in [-0.2, -0.15) is 5.10 Å². The molecule has 3 rings (SSSR count). The largest absolute Gasteiger partial charge is 0.478 e. The van der Waals surface area contributed by atoms with Crippen LogP contribution in [-0.2, 0) is 11.2 Å². The summed E-state index contributed by atoms with van der Waals surface area (Å²) < 4.78 is 5.53. The predicted octanol–water partition coefficient (Wildman–Crippen LogP) is 4.10. The molecule has 2 heterocycles. The van der Waals surface area contributed by atoms with E-state index >= 15 is 0 Å². The number of carbonyl (C=O) groups excluding carboxylic acids is 1. The summed E-state index contributed by atoms with van der Waals surface area (Å²) in [7, 11) is 0. The molecule has 2 aromatic rings. The SMILES string of the molecule is CCCc1[nH]nc2c1NC(C)(CC)N(CCCNc1ccc(OC(C)(C)C(=O)O)cc1)C2=O. The minimum absolute atomic E-state index is 0.0470. The van der Waals surface area contributed by atoms with Crippen molar-refractivity contribution in [2.75, 3.05) is 23.7 Å². The van der Waals surface area contributed by atoms with Crippen LogP contribution >= 0.6 is 0 Å². The van der Waals surface area contributed by atoms with E-state index in [9.17, 15) is 14.7 Å². The normalized spacial score (nSPS) is 18.0. The van der Waals surface area contributed by atoms with Crippen LogP contribution in [0.15, 0.2) is 24.3 Å². The first-order chi connectivity index (χ1) is 15.6. The van der Waals surface area contributed by atoms with Gasteiger partial charge in [0.1, 0.15) is 11.4 Å². The molecule has 4 N–H and O–H groups in total. The van der Waals surface area contributed by atoms with Gasteiger partial charge < -0.3 is 25.4 Å². The number of H-pyrrole nitrogens is 1. The van der Waals surface area contributed by atoms with E-state index in [1.807, 2.05) is 17.0 Å². The highest BCUT2D eigenvalue weighted by Gasteiger charge is 2.42. The van der Waals surface area contributed by atoms with Crippen molar-refractivity contribution in [3.8, 4) is 5.75 Å². The second-order valence-electron chi connectivity index (χ2n) is 9.11. The Morgan fingerprint density at radius 1 is 1.27 bits per heavy atom. The summed E-state index contributed by atoms with van der Waals surface area (Å²) in [6, 6.07) is 7.18. The summed E-state index contributed by atoms with van der Waals surface area (Å²) in [6.07, 6.45) is 3.36. The van der Waals surface area contributed by atoms with Gasteiger partial charge in [-0.05, 0) is 64.3 Å². The van der Waals surface area contributed by atoms with E-state index < -0.39 is 17.2 Å². The van der Waals surface area contributed by atoms with Crippen molar-refractivity contribution >= 4 is 23.3 Å². The summed E-state index contributed by atoms with van der Waals surface area (Å²) in [4.78, 5) is 26.3. The van der Waals surface area contributed by atoms with Crippen molar-refractivity contribution in [2.45, 2.75) is 71.6 Å². The van der Waals surface area contributed by atoms with Crippen LogP contribution in [0.25, 0.3) is 0 Å². The average Bonchev–Trinajstić information content (AvgIpc) is 3.16. The maximum atomic E-state index is 13.2. The van der Waals surface area contributed by atoms with Crippen LogP contribution in [0.1, 0.15) is 70.1 Å². The molecule has 1 amide bonds. The third kappa shape index (κ3) is 5.23. The third-order valence-corrected chi connectivity index (χ3v) is 6.10. The van der Waals surface area contributed by atoms with Gasteiger partial charge in [0.15, 0.2) is 11.3 Å². The molecular formula is C24H35N5O4. The van der Waals surface area contributed by atoms with E-state index in [4.69, 9.17) is 4.74 Å². The zero-order valence-corrected chi connectivity index (χ0v) is 20.1. The number of aromatic amines is 1. The molecule has 0 saturated carbocycles. The number of nitrogens with zero attached hydrogens (tertiary/aromatic N) is 2. The van der Waals surface area contributed by atoms with Crippen LogP contribution in [0, 0.1) is 0 Å². The fraction of sp³-hybridized carbons (Fsp3) is 0.542. The van der Waals surface area contributed by atoms with E-state index in [0.29, 0.717) is 24.5 Å². The number of hydrogen-bond donors (Lipinski definition) is 4. The van der Waals surface area contributed by atoms with Crippen LogP contribution in [0.4, 0.5) is 11.4 Å². The third-order valence-electron chi connectivity index (χ3n) is 6.10. The minimum atomic E-state index is -1.29. The number of benzene rings is 1. The number of nitrogens with one attached hydrogen (secondary N) is 3. The second kappa shape index (κ2) is 9.72. The topological polar surface area (TPSA) is 120 Å². The standard InChI is InChI=1S/C24H35N5O4/c1-6-9-18-19-20(28-27-18)21(30)29(24(5,7-2)26-19)15-8-14-25-16-10-12-17(13-11-16)33-23(3,4)22(31)32/h10-13,25-26H,6-9,14-15H2,1-5H3,(H,27,28)(H,31,32). The molecular weight excluding hydrogens is 422 g/mol. The number of fused-ring (bicyclic) bond motifs is 1. The monoisotopic (exact) mass is 457 g/mol. The Labute approximate surface area is 194 Å². The molecule has 1 aliphatic rings. The van der Waals surface area contributed by atoms with Gasteiger partial charge in [0.2, 0.25) is 0 Å². The lowest BCUT2D eigenvalue weighted by Gasteiger charge is -2.45. The number of carboxylic acids is 1. The zero-order valence-electron chi connectivity index (χ0n) is 20.1. The first-order valence-corrected chi connectivity index (χ1v) is 11.5. The minimum Gasteiger partial charge on any atom is -0.478 e.